The van der Waals surface area contributed by atoms with E-state index in [1.165, 1.54) is 42.0 Å². The minimum Gasteiger partial charge on any atom is -0.489 e. The van der Waals surface area contributed by atoms with Crippen LogP contribution in [0.25, 0.3) is 10.9 Å². The number of pyridine rings is 2. The van der Waals surface area contributed by atoms with Gasteiger partial charge in [-0.1, -0.05) is 24.3 Å². The van der Waals surface area contributed by atoms with Crippen LogP contribution < -0.4 is 15.1 Å². The number of benzene rings is 2. The minimum atomic E-state index is -0.328. The number of likely N-dealkylation sites (tertiary alicyclic amines) is 1. The molecule has 1 fully saturated rings. The summed E-state index contributed by atoms with van der Waals surface area (Å²) in [5.41, 5.74) is 3.48. The van der Waals surface area contributed by atoms with E-state index >= 15 is 0 Å². The van der Waals surface area contributed by atoms with Crippen molar-refractivity contribution >= 4 is 10.9 Å². The second-order valence-electron chi connectivity index (χ2n) is 8.53. The Balaban J connectivity index is 1.19. The van der Waals surface area contributed by atoms with Crippen molar-refractivity contribution in [3.63, 3.8) is 0 Å². The topological polar surface area (TPSA) is 56.6 Å². The van der Waals surface area contributed by atoms with Gasteiger partial charge in [-0.05, 0) is 67.4 Å². The van der Waals surface area contributed by atoms with Crippen LogP contribution in [0.2, 0.25) is 0 Å². The Kier molecular flexibility index (Phi) is 6.53. The van der Waals surface area contributed by atoms with E-state index in [1.54, 1.807) is 18.2 Å². The van der Waals surface area contributed by atoms with Crippen LogP contribution in [0.1, 0.15) is 29.7 Å². The maximum Gasteiger partial charge on any atom is 0.286 e. The summed E-state index contributed by atoms with van der Waals surface area (Å²) in [6.45, 7) is 3.69. The van der Waals surface area contributed by atoms with Gasteiger partial charge in [-0.3, -0.25) is 14.7 Å². The Morgan fingerprint density at radius 2 is 1.68 bits per heavy atom. The zero-order chi connectivity index (χ0) is 23.3. The molecule has 0 bridgehead atoms. The molecule has 34 heavy (non-hydrogen) atoms. The van der Waals surface area contributed by atoms with Crippen LogP contribution in [-0.4, -0.2) is 27.7 Å². The van der Waals surface area contributed by atoms with Crippen molar-refractivity contribution in [1.29, 1.82) is 0 Å². The number of aromatic nitrogens is 2. The Bertz CT molecular complexity index is 1330. The van der Waals surface area contributed by atoms with Gasteiger partial charge < -0.3 is 9.57 Å². The number of fused-ring (bicyclic) bond motifs is 1. The number of ether oxygens (including phenoxy) is 1. The zero-order valence-corrected chi connectivity index (χ0v) is 18.8. The summed E-state index contributed by atoms with van der Waals surface area (Å²) in [6.07, 6.45) is 4.08. The number of halogens is 1. The van der Waals surface area contributed by atoms with Crippen molar-refractivity contribution in [1.82, 2.24) is 14.6 Å². The molecular weight excluding hydrogens is 433 g/mol. The molecule has 4 aromatic rings. The Hall–Kier alpha value is -3.71. The normalized spacial score (nSPS) is 13.9. The molecule has 3 heterocycles. The van der Waals surface area contributed by atoms with Crippen molar-refractivity contribution < 1.29 is 14.0 Å². The molecule has 5 rings (SSSR count). The molecule has 0 atom stereocenters. The lowest BCUT2D eigenvalue weighted by molar-refractivity contribution is 0.0885. The summed E-state index contributed by atoms with van der Waals surface area (Å²) in [7, 11) is 0. The molecule has 1 aliphatic rings. The molecule has 0 aliphatic carbocycles. The third-order valence-corrected chi connectivity index (χ3v) is 5.94. The van der Waals surface area contributed by atoms with Gasteiger partial charge >= 0.3 is 0 Å². The first-order valence-corrected chi connectivity index (χ1v) is 11.5. The molecule has 2 aromatic heterocycles. The molecule has 0 N–H and O–H groups in total. The van der Waals surface area contributed by atoms with Crippen LogP contribution in [0.15, 0.2) is 77.7 Å². The van der Waals surface area contributed by atoms with Crippen LogP contribution in [0, 0.1) is 5.82 Å². The van der Waals surface area contributed by atoms with Gasteiger partial charge in [0.1, 0.15) is 24.8 Å². The first-order chi connectivity index (χ1) is 16.6. The van der Waals surface area contributed by atoms with E-state index in [4.69, 9.17) is 14.6 Å². The Morgan fingerprint density at radius 3 is 2.47 bits per heavy atom. The minimum absolute atomic E-state index is 0.245. The largest absolute Gasteiger partial charge is 0.489 e. The van der Waals surface area contributed by atoms with Gasteiger partial charge in [-0.2, -0.15) is 4.73 Å². The van der Waals surface area contributed by atoms with Gasteiger partial charge in [0, 0.05) is 24.1 Å². The molecular formula is C27H26FN3O3. The molecule has 6 nitrogen and oxygen atoms in total. The van der Waals surface area contributed by atoms with Crippen LogP contribution >= 0.6 is 0 Å². The first kappa shape index (κ1) is 22.1. The summed E-state index contributed by atoms with van der Waals surface area (Å²) in [5.74, 6) is 0.129. The lowest BCUT2D eigenvalue weighted by Crippen LogP contribution is -2.25. The number of hydrogen-bond acceptors (Lipinski definition) is 5. The molecule has 7 heteroatoms. The Morgan fingerprint density at radius 1 is 0.882 bits per heavy atom. The molecule has 174 valence electrons. The van der Waals surface area contributed by atoms with Crippen molar-refractivity contribution in [3.8, 4) is 5.75 Å². The van der Waals surface area contributed by atoms with Gasteiger partial charge in [0.05, 0.1) is 17.4 Å². The smallest absolute Gasteiger partial charge is 0.286 e. The molecule has 0 radical (unpaired) electrons. The van der Waals surface area contributed by atoms with Crippen molar-refractivity contribution in [2.75, 3.05) is 13.1 Å². The number of rotatable bonds is 8. The predicted molar refractivity (Wildman–Crippen MR) is 128 cm³/mol. The van der Waals surface area contributed by atoms with E-state index in [0.29, 0.717) is 5.75 Å². The molecule has 0 spiro atoms. The van der Waals surface area contributed by atoms with E-state index in [0.717, 1.165) is 47.4 Å². The molecule has 0 unspecified atom stereocenters. The summed E-state index contributed by atoms with van der Waals surface area (Å²) in [5, 5.41) is 1.04. The standard InChI is InChI=1S/C27H26FN3O3/c28-23-7-3-20(4-8-23)18-33-25-11-14-31(27(32)16-25)34-19-21-5-10-26-22(15-21)6-9-24(29-26)17-30-12-1-2-13-30/h3-11,14-16H,1-2,12-13,17-19H2. The predicted octanol–water partition coefficient (Wildman–Crippen LogP) is 4.34. The third kappa shape index (κ3) is 5.43. The molecule has 0 amide bonds. The van der Waals surface area contributed by atoms with Crippen LogP contribution in [-0.2, 0) is 19.8 Å². The SMILES string of the molecule is O=c1cc(OCc2ccc(F)cc2)ccn1OCc1ccc2nc(CN3CCCC3)ccc2c1. The van der Waals surface area contributed by atoms with Crippen LogP contribution in [0.4, 0.5) is 4.39 Å². The van der Waals surface area contributed by atoms with Crippen LogP contribution in [0.3, 0.4) is 0 Å². The fourth-order valence-electron chi connectivity index (χ4n) is 4.10. The molecule has 1 aliphatic heterocycles. The Labute approximate surface area is 197 Å². The van der Waals surface area contributed by atoms with Gasteiger partial charge in [-0.15, -0.1) is 0 Å². The summed E-state index contributed by atoms with van der Waals surface area (Å²) < 4.78 is 19.8. The average Bonchev–Trinajstić information content (AvgIpc) is 3.36. The number of nitrogens with zero attached hydrogens (tertiary/aromatic N) is 3. The maximum absolute atomic E-state index is 13.0. The average molecular weight is 460 g/mol. The molecule has 1 saturated heterocycles. The summed E-state index contributed by atoms with van der Waals surface area (Å²) in [4.78, 5) is 25.3. The second-order valence-corrected chi connectivity index (χ2v) is 8.53. The van der Waals surface area contributed by atoms with Gasteiger partial charge in [-0.25, -0.2) is 4.39 Å². The van der Waals surface area contributed by atoms with E-state index in [1.807, 2.05) is 18.2 Å². The quantitative estimate of drug-likeness (QED) is 0.392. The second kappa shape index (κ2) is 10.1. The van der Waals surface area contributed by atoms with Crippen LogP contribution in [0.5, 0.6) is 5.75 Å². The fraction of sp³-hybridized carbons (Fsp3) is 0.259. The van der Waals surface area contributed by atoms with Gasteiger partial charge in [0.15, 0.2) is 0 Å². The first-order valence-electron chi connectivity index (χ1n) is 11.5. The van der Waals surface area contributed by atoms with Gasteiger partial charge in [0.2, 0.25) is 0 Å². The zero-order valence-electron chi connectivity index (χ0n) is 18.8. The lowest BCUT2D eigenvalue weighted by Gasteiger charge is -2.14. The highest BCUT2D eigenvalue weighted by Crippen LogP contribution is 2.18. The third-order valence-electron chi connectivity index (χ3n) is 5.94. The van der Waals surface area contributed by atoms with E-state index in [-0.39, 0.29) is 24.6 Å². The van der Waals surface area contributed by atoms with Crippen molar-refractivity contribution in [2.45, 2.75) is 32.6 Å². The van der Waals surface area contributed by atoms with Gasteiger partial charge in [0.25, 0.3) is 5.56 Å². The summed E-state index contributed by atoms with van der Waals surface area (Å²) >= 11 is 0. The molecule has 0 saturated carbocycles. The highest BCUT2D eigenvalue weighted by atomic mass is 19.1. The highest BCUT2D eigenvalue weighted by molar-refractivity contribution is 5.79. The summed E-state index contributed by atoms with van der Waals surface area (Å²) in [6, 6.07) is 19.3. The molecule has 2 aromatic carbocycles. The van der Waals surface area contributed by atoms with Crippen molar-refractivity contribution in [2.24, 2.45) is 0 Å². The van der Waals surface area contributed by atoms with E-state index in [9.17, 15) is 9.18 Å². The van der Waals surface area contributed by atoms with E-state index < -0.39 is 0 Å². The maximum atomic E-state index is 13.0. The van der Waals surface area contributed by atoms with E-state index in [2.05, 4.69) is 17.0 Å². The lowest BCUT2D eigenvalue weighted by atomic mass is 10.1. The van der Waals surface area contributed by atoms with Crippen molar-refractivity contribution in [3.05, 3.63) is 106 Å². The fourth-order valence-corrected chi connectivity index (χ4v) is 4.10. The highest BCUT2D eigenvalue weighted by Gasteiger charge is 2.12. The monoisotopic (exact) mass is 459 g/mol. The number of hydrogen-bond donors (Lipinski definition) is 0.